The van der Waals surface area contributed by atoms with Crippen molar-refractivity contribution in [3.8, 4) is 0 Å². The Morgan fingerprint density at radius 2 is 1.77 bits per heavy atom. The Morgan fingerprint density at radius 3 is 2.38 bits per heavy atom. The highest BCUT2D eigenvalue weighted by molar-refractivity contribution is 9.24. The molecule has 1 heterocycles. The van der Waals surface area contributed by atoms with Gasteiger partial charge in [0.15, 0.2) is 0 Å². The summed E-state index contributed by atoms with van der Waals surface area (Å²) in [4.78, 5) is 1.33. The van der Waals surface area contributed by atoms with Crippen LogP contribution >= 0.6 is 37.8 Å². The summed E-state index contributed by atoms with van der Waals surface area (Å²) in [6.45, 7) is 0. The van der Waals surface area contributed by atoms with Gasteiger partial charge in [0.1, 0.15) is 3.64 Å². The summed E-state index contributed by atoms with van der Waals surface area (Å²) >= 11 is 11.5. The van der Waals surface area contributed by atoms with Gasteiger partial charge in [-0.3, -0.25) is 0 Å². The molecule has 0 amide bonds. The molecule has 0 radical (unpaired) electrons. The second-order valence-corrected chi connectivity index (χ2v) is 18.2. The summed E-state index contributed by atoms with van der Waals surface area (Å²) in [5, 5.41) is 0. The molecule has 0 spiro atoms. The van der Waals surface area contributed by atoms with Crippen molar-refractivity contribution < 1.29 is 0 Å². The first kappa shape index (κ1) is 10.4. The molecular formula is C8H9PS4. The van der Waals surface area contributed by atoms with E-state index in [4.69, 9.17) is 11.8 Å². The summed E-state index contributed by atoms with van der Waals surface area (Å²) in [5.41, 5.74) is 0. The summed E-state index contributed by atoms with van der Waals surface area (Å²) in [6, 6.07) is 10.5. The minimum Gasteiger partial charge on any atom is -0.103 e. The predicted molar refractivity (Wildman–Crippen MR) is 71.5 cm³/mol. The molecule has 0 nitrogen and oxygen atoms in total. The van der Waals surface area contributed by atoms with Crippen LogP contribution in [0.1, 0.15) is 0 Å². The number of hydrogen-bond acceptors (Lipinski definition) is 4. The van der Waals surface area contributed by atoms with Crippen LogP contribution in [0.2, 0.25) is 0 Å². The molecule has 1 aliphatic heterocycles. The normalized spacial score (nSPS) is 20.3. The van der Waals surface area contributed by atoms with Gasteiger partial charge in [-0.25, -0.2) is 0 Å². The van der Waals surface area contributed by atoms with Crippen LogP contribution in [0.3, 0.4) is 0 Å². The van der Waals surface area contributed by atoms with Crippen molar-refractivity contribution in [2.24, 2.45) is 0 Å². The van der Waals surface area contributed by atoms with Gasteiger partial charge in [0, 0.05) is 16.4 Å². The third kappa shape index (κ3) is 2.93. The van der Waals surface area contributed by atoms with Crippen molar-refractivity contribution in [1.82, 2.24) is 0 Å². The van der Waals surface area contributed by atoms with E-state index in [9.17, 15) is 0 Å². The van der Waals surface area contributed by atoms with E-state index >= 15 is 0 Å². The van der Waals surface area contributed by atoms with Crippen LogP contribution in [-0.4, -0.2) is 11.5 Å². The van der Waals surface area contributed by atoms with Gasteiger partial charge in [-0.1, -0.05) is 41.4 Å². The monoisotopic (exact) mass is 264 g/mol. The Bertz CT molecular complexity index is 314. The molecule has 1 aromatic carbocycles. The highest BCUT2D eigenvalue weighted by Crippen LogP contribution is 2.83. The molecule has 0 N–H and O–H groups in total. The van der Waals surface area contributed by atoms with Crippen molar-refractivity contribution in [2.75, 3.05) is 11.5 Å². The fourth-order valence-corrected chi connectivity index (χ4v) is 15.1. The molecule has 5 heteroatoms. The largest absolute Gasteiger partial charge is 0.114 e. The van der Waals surface area contributed by atoms with Crippen LogP contribution < -0.4 is 0 Å². The molecule has 1 aromatic rings. The van der Waals surface area contributed by atoms with E-state index in [1.807, 2.05) is 40.2 Å². The van der Waals surface area contributed by atoms with Gasteiger partial charge in [0.25, 0.3) is 0 Å². The van der Waals surface area contributed by atoms with E-state index in [1.165, 1.54) is 16.4 Å². The molecule has 1 fully saturated rings. The van der Waals surface area contributed by atoms with E-state index in [0.29, 0.717) is 0 Å². The topological polar surface area (TPSA) is 0 Å². The lowest BCUT2D eigenvalue weighted by molar-refractivity contribution is 1.48. The van der Waals surface area contributed by atoms with E-state index < -0.39 is 3.64 Å². The van der Waals surface area contributed by atoms with Gasteiger partial charge in [0.05, 0.1) is 0 Å². The van der Waals surface area contributed by atoms with Gasteiger partial charge < -0.3 is 0 Å². The highest BCUT2D eigenvalue weighted by Gasteiger charge is 2.25. The maximum atomic E-state index is 5.65. The van der Waals surface area contributed by atoms with Crippen molar-refractivity contribution in [3.63, 3.8) is 0 Å². The maximum Gasteiger partial charge on any atom is 0.114 e. The third-order valence-electron chi connectivity index (χ3n) is 1.54. The minimum atomic E-state index is -1.21. The lowest BCUT2D eigenvalue weighted by Crippen LogP contribution is -1.65. The zero-order chi connectivity index (χ0) is 9.15. The number of hydrogen-bond donors (Lipinski definition) is 0. The first-order chi connectivity index (χ1) is 6.29. The minimum absolute atomic E-state index is 1.21. The maximum absolute atomic E-state index is 5.65. The molecule has 0 bridgehead atoms. The third-order valence-corrected chi connectivity index (χ3v) is 15.9. The van der Waals surface area contributed by atoms with E-state index in [0.717, 1.165) is 0 Å². The molecule has 13 heavy (non-hydrogen) atoms. The zero-order valence-electron chi connectivity index (χ0n) is 6.88. The Kier molecular flexibility index (Phi) is 3.71. The van der Waals surface area contributed by atoms with Gasteiger partial charge in [-0.15, -0.1) is 22.8 Å². The Morgan fingerprint density at radius 1 is 1.15 bits per heavy atom. The molecular weight excluding hydrogens is 255 g/mol. The summed E-state index contributed by atoms with van der Waals surface area (Å²) in [6.07, 6.45) is 0. The van der Waals surface area contributed by atoms with Crippen LogP contribution in [-0.2, 0) is 11.8 Å². The smallest absolute Gasteiger partial charge is 0.103 e. The molecule has 0 aromatic heterocycles. The second-order valence-electron chi connectivity index (χ2n) is 2.52. The lowest BCUT2D eigenvalue weighted by Gasteiger charge is -2.11. The average Bonchev–Trinajstić information content (AvgIpc) is 2.54. The molecule has 0 unspecified atom stereocenters. The van der Waals surface area contributed by atoms with Crippen LogP contribution in [0.15, 0.2) is 35.2 Å². The molecule has 70 valence electrons. The van der Waals surface area contributed by atoms with Crippen molar-refractivity contribution in [1.29, 1.82) is 0 Å². The Hall–Kier alpha value is 0.920. The Balaban J connectivity index is 2.10. The fourth-order valence-electron chi connectivity index (χ4n) is 0.999. The molecule has 1 aliphatic rings. The molecule has 0 saturated carbocycles. The van der Waals surface area contributed by atoms with Crippen LogP contribution in [0.4, 0.5) is 0 Å². The highest BCUT2D eigenvalue weighted by atomic mass is 33.5. The van der Waals surface area contributed by atoms with Gasteiger partial charge in [-0.2, -0.15) is 0 Å². The second kappa shape index (κ2) is 4.63. The molecule has 2 rings (SSSR count). The van der Waals surface area contributed by atoms with Gasteiger partial charge in [-0.05, 0) is 12.1 Å². The summed E-state index contributed by atoms with van der Waals surface area (Å²) in [5.74, 6) is 2.48. The van der Waals surface area contributed by atoms with Crippen LogP contribution in [0.25, 0.3) is 0 Å². The standard InChI is InChI=1S/C8H9PS4/c10-9(11-6-7-12-9)13-8-4-2-1-3-5-8/h1-5H,6-7H2. The van der Waals surface area contributed by atoms with Crippen molar-refractivity contribution in [2.45, 2.75) is 4.90 Å². The Labute approximate surface area is 95.9 Å². The lowest BCUT2D eigenvalue weighted by atomic mass is 10.4. The van der Waals surface area contributed by atoms with Crippen LogP contribution in [0.5, 0.6) is 0 Å². The quantitative estimate of drug-likeness (QED) is 0.722. The van der Waals surface area contributed by atoms with Crippen LogP contribution in [0, 0.1) is 0 Å². The van der Waals surface area contributed by atoms with E-state index in [2.05, 4.69) is 24.3 Å². The average molecular weight is 264 g/mol. The van der Waals surface area contributed by atoms with Crippen molar-refractivity contribution in [3.05, 3.63) is 30.3 Å². The summed E-state index contributed by atoms with van der Waals surface area (Å²) < 4.78 is -1.21. The van der Waals surface area contributed by atoms with E-state index in [1.54, 1.807) is 0 Å². The number of benzene rings is 1. The predicted octanol–water partition coefficient (Wildman–Crippen LogP) is 4.48. The SMILES string of the molecule is S=P1(Sc2ccccc2)SCCS1. The number of rotatable bonds is 2. The molecule has 0 aliphatic carbocycles. The van der Waals surface area contributed by atoms with Gasteiger partial charge >= 0.3 is 0 Å². The molecule has 0 atom stereocenters. The summed E-state index contributed by atoms with van der Waals surface area (Å²) in [7, 11) is 0. The molecule has 1 saturated heterocycles. The van der Waals surface area contributed by atoms with E-state index in [-0.39, 0.29) is 0 Å². The van der Waals surface area contributed by atoms with Gasteiger partial charge in [0.2, 0.25) is 0 Å². The first-order valence-electron chi connectivity index (χ1n) is 3.92. The zero-order valence-corrected chi connectivity index (χ0v) is 11.0. The van der Waals surface area contributed by atoms with Crippen molar-refractivity contribution >= 4 is 49.6 Å². The first-order valence-corrected chi connectivity index (χ1v) is 11.3. The fraction of sp³-hybridized carbons (Fsp3) is 0.250.